The number of amides is 4. The third kappa shape index (κ3) is 4.53. The van der Waals surface area contributed by atoms with Gasteiger partial charge in [-0.25, -0.2) is 9.59 Å². The van der Waals surface area contributed by atoms with Gasteiger partial charge in [-0.05, 0) is 51.4 Å². The molecular weight excluding hydrogens is 306 g/mol. The highest BCUT2D eigenvalue weighted by Gasteiger charge is 2.29. The number of likely N-dealkylation sites (tertiary alicyclic amines) is 2. The van der Waals surface area contributed by atoms with E-state index in [1.807, 2.05) is 9.80 Å². The fraction of sp³-hybridized carbons (Fsp3) is 0.882. The molecule has 3 unspecified atom stereocenters. The van der Waals surface area contributed by atoms with Gasteiger partial charge in [0.1, 0.15) is 0 Å². The van der Waals surface area contributed by atoms with Gasteiger partial charge in [0, 0.05) is 44.3 Å². The lowest BCUT2D eigenvalue weighted by atomic mass is 9.92. The van der Waals surface area contributed by atoms with Crippen LogP contribution in [0.15, 0.2) is 0 Å². The first kappa shape index (κ1) is 17.3. The molecule has 2 aliphatic heterocycles. The maximum Gasteiger partial charge on any atom is 0.320 e. The Morgan fingerprint density at radius 3 is 2.25 bits per heavy atom. The van der Waals surface area contributed by atoms with Crippen molar-refractivity contribution in [3.63, 3.8) is 0 Å². The molecule has 3 rings (SSSR count). The van der Waals surface area contributed by atoms with Crippen LogP contribution in [0.25, 0.3) is 0 Å². The topological polar surface area (TPSA) is 90.7 Å². The molecule has 0 aromatic heterocycles. The number of carbonyl (C=O) groups is 2. The summed E-state index contributed by atoms with van der Waals surface area (Å²) in [5, 5.41) is 6.10. The minimum Gasteiger partial charge on any atom is -0.335 e. The van der Waals surface area contributed by atoms with Crippen LogP contribution >= 0.6 is 0 Å². The zero-order valence-corrected chi connectivity index (χ0v) is 14.5. The molecule has 2 saturated heterocycles. The van der Waals surface area contributed by atoms with Crippen molar-refractivity contribution in [3.8, 4) is 0 Å². The fourth-order valence-corrected chi connectivity index (χ4v) is 4.15. The van der Waals surface area contributed by atoms with Crippen molar-refractivity contribution in [1.29, 1.82) is 0 Å². The van der Waals surface area contributed by atoms with Gasteiger partial charge in [-0.1, -0.05) is 0 Å². The van der Waals surface area contributed by atoms with Crippen molar-refractivity contribution in [2.45, 2.75) is 69.5 Å². The Hall–Kier alpha value is -1.50. The van der Waals surface area contributed by atoms with Crippen molar-refractivity contribution in [1.82, 2.24) is 20.4 Å². The van der Waals surface area contributed by atoms with Crippen LogP contribution < -0.4 is 16.4 Å². The third-order valence-electron chi connectivity index (χ3n) is 5.45. The molecule has 0 bridgehead atoms. The van der Waals surface area contributed by atoms with Gasteiger partial charge in [-0.2, -0.15) is 0 Å². The molecule has 2 heterocycles. The Balaban J connectivity index is 1.44. The van der Waals surface area contributed by atoms with Crippen LogP contribution in [-0.4, -0.2) is 66.2 Å². The molecule has 0 radical (unpaired) electrons. The number of urea groups is 2. The summed E-state index contributed by atoms with van der Waals surface area (Å²) in [6, 6.07) is 0.446. The molecule has 3 atom stereocenters. The summed E-state index contributed by atoms with van der Waals surface area (Å²) in [7, 11) is 0. The predicted molar refractivity (Wildman–Crippen MR) is 92.7 cm³/mol. The molecule has 3 aliphatic rings. The molecular formula is C17H31N5O2. The standard InChI is InChI=1S/C17H31N5O2/c18-13-5-3-6-14(11-13)19-16(23)20-15-7-4-10-22(12-15)17(24)21-8-1-2-9-21/h13-15H,1-12,18H2,(H2,19,20,23). The van der Waals surface area contributed by atoms with E-state index in [2.05, 4.69) is 10.6 Å². The molecule has 4 N–H and O–H groups in total. The second kappa shape index (κ2) is 8.05. The zero-order valence-electron chi connectivity index (χ0n) is 14.5. The summed E-state index contributed by atoms with van der Waals surface area (Å²) in [4.78, 5) is 28.6. The van der Waals surface area contributed by atoms with E-state index in [1.165, 1.54) is 0 Å². The molecule has 0 aromatic carbocycles. The highest BCUT2D eigenvalue weighted by molar-refractivity contribution is 5.76. The third-order valence-corrected chi connectivity index (χ3v) is 5.45. The maximum absolute atomic E-state index is 12.5. The lowest BCUT2D eigenvalue weighted by molar-refractivity contribution is 0.142. The van der Waals surface area contributed by atoms with E-state index in [-0.39, 0.29) is 30.2 Å². The van der Waals surface area contributed by atoms with Crippen molar-refractivity contribution < 1.29 is 9.59 Å². The second-order valence-electron chi connectivity index (χ2n) is 7.50. The maximum atomic E-state index is 12.5. The minimum atomic E-state index is -0.116. The van der Waals surface area contributed by atoms with Gasteiger partial charge in [0.2, 0.25) is 0 Å². The molecule has 24 heavy (non-hydrogen) atoms. The summed E-state index contributed by atoms with van der Waals surface area (Å²) < 4.78 is 0. The van der Waals surface area contributed by atoms with Crippen LogP contribution in [0.2, 0.25) is 0 Å². The van der Waals surface area contributed by atoms with Crippen LogP contribution in [-0.2, 0) is 0 Å². The number of nitrogens with one attached hydrogen (secondary N) is 2. The number of hydrogen-bond acceptors (Lipinski definition) is 3. The lowest BCUT2D eigenvalue weighted by Gasteiger charge is -2.36. The quantitative estimate of drug-likeness (QED) is 0.708. The van der Waals surface area contributed by atoms with E-state index in [0.29, 0.717) is 6.54 Å². The molecule has 1 aliphatic carbocycles. The highest BCUT2D eigenvalue weighted by Crippen LogP contribution is 2.18. The Bertz CT molecular complexity index is 452. The zero-order chi connectivity index (χ0) is 16.9. The average Bonchev–Trinajstić information content (AvgIpc) is 3.08. The van der Waals surface area contributed by atoms with Crippen LogP contribution in [0.3, 0.4) is 0 Å². The normalized spacial score (nSPS) is 31.0. The summed E-state index contributed by atoms with van der Waals surface area (Å²) in [6.45, 7) is 3.16. The number of nitrogens with two attached hydrogens (primary N) is 1. The fourth-order valence-electron chi connectivity index (χ4n) is 4.15. The molecule has 0 spiro atoms. The molecule has 4 amide bonds. The smallest absolute Gasteiger partial charge is 0.320 e. The van der Waals surface area contributed by atoms with Gasteiger partial charge in [0.25, 0.3) is 0 Å². The van der Waals surface area contributed by atoms with Crippen molar-refractivity contribution in [2.24, 2.45) is 5.73 Å². The molecule has 7 heteroatoms. The number of hydrogen-bond donors (Lipinski definition) is 3. The number of rotatable bonds is 2. The molecule has 136 valence electrons. The Kier molecular flexibility index (Phi) is 5.81. The Labute approximate surface area is 144 Å². The first-order valence-electron chi connectivity index (χ1n) is 9.48. The van der Waals surface area contributed by atoms with Crippen LogP contribution in [0.5, 0.6) is 0 Å². The number of piperidine rings is 1. The molecule has 3 fully saturated rings. The van der Waals surface area contributed by atoms with Crippen molar-refractivity contribution in [2.75, 3.05) is 26.2 Å². The first-order chi connectivity index (χ1) is 11.6. The van der Waals surface area contributed by atoms with Crippen LogP contribution in [0.1, 0.15) is 51.4 Å². The predicted octanol–water partition coefficient (Wildman–Crippen LogP) is 1.24. The summed E-state index contributed by atoms with van der Waals surface area (Å²) >= 11 is 0. The van der Waals surface area contributed by atoms with E-state index in [4.69, 9.17) is 5.73 Å². The van der Waals surface area contributed by atoms with Crippen LogP contribution in [0.4, 0.5) is 9.59 Å². The SMILES string of the molecule is NC1CCCC(NC(=O)NC2CCCN(C(=O)N3CCCC3)C2)C1. The van der Waals surface area contributed by atoms with E-state index in [0.717, 1.165) is 71.0 Å². The van der Waals surface area contributed by atoms with E-state index in [9.17, 15) is 9.59 Å². The largest absolute Gasteiger partial charge is 0.335 e. The Morgan fingerprint density at radius 1 is 0.833 bits per heavy atom. The minimum absolute atomic E-state index is 0.0440. The van der Waals surface area contributed by atoms with Gasteiger partial charge >= 0.3 is 12.1 Å². The molecule has 1 saturated carbocycles. The van der Waals surface area contributed by atoms with Gasteiger partial charge in [0.05, 0.1) is 0 Å². The van der Waals surface area contributed by atoms with E-state index >= 15 is 0 Å². The molecule has 0 aromatic rings. The monoisotopic (exact) mass is 337 g/mol. The summed E-state index contributed by atoms with van der Waals surface area (Å²) in [5.41, 5.74) is 5.98. The van der Waals surface area contributed by atoms with Gasteiger partial charge in [0.15, 0.2) is 0 Å². The Morgan fingerprint density at radius 2 is 1.50 bits per heavy atom. The van der Waals surface area contributed by atoms with Gasteiger partial charge in [-0.3, -0.25) is 0 Å². The highest BCUT2D eigenvalue weighted by atomic mass is 16.2. The van der Waals surface area contributed by atoms with Gasteiger partial charge in [-0.15, -0.1) is 0 Å². The van der Waals surface area contributed by atoms with E-state index < -0.39 is 0 Å². The van der Waals surface area contributed by atoms with Gasteiger partial charge < -0.3 is 26.2 Å². The van der Waals surface area contributed by atoms with Crippen LogP contribution in [0, 0.1) is 0 Å². The first-order valence-corrected chi connectivity index (χ1v) is 9.48. The lowest BCUT2D eigenvalue weighted by Crippen LogP contribution is -2.55. The second-order valence-corrected chi connectivity index (χ2v) is 7.50. The van der Waals surface area contributed by atoms with E-state index in [1.54, 1.807) is 0 Å². The average molecular weight is 337 g/mol. The molecule has 7 nitrogen and oxygen atoms in total. The summed E-state index contributed by atoms with van der Waals surface area (Å²) in [5.74, 6) is 0. The summed E-state index contributed by atoms with van der Waals surface area (Å²) in [6.07, 6.45) is 8.08. The number of carbonyl (C=O) groups excluding carboxylic acids is 2. The van der Waals surface area contributed by atoms with Crippen molar-refractivity contribution in [3.05, 3.63) is 0 Å². The number of nitrogens with zero attached hydrogens (tertiary/aromatic N) is 2. The van der Waals surface area contributed by atoms with Crippen molar-refractivity contribution >= 4 is 12.1 Å².